The van der Waals surface area contributed by atoms with Gasteiger partial charge in [-0.25, -0.2) is 0 Å². The van der Waals surface area contributed by atoms with Gasteiger partial charge in [-0.05, 0) is 43.7 Å². The Kier molecular flexibility index (Phi) is 6.83. The molecule has 132 valence electrons. The van der Waals surface area contributed by atoms with E-state index in [2.05, 4.69) is 10.6 Å². The minimum absolute atomic E-state index is 0.0903. The van der Waals surface area contributed by atoms with E-state index in [9.17, 15) is 9.59 Å². The maximum atomic E-state index is 12.4. The van der Waals surface area contributed by atoms with Crippen LogP contribution in [-0.2, 0) is 9.59 Å². The predicted octanol–water partition coefficient (Wildman–Crippen LogP) is 4.48. The number of hydrogen-bond acceptors (Lipinski definition) is 3. The van der Waals surface area contributed by atoms with Crippen LogP contribution >= 0.6 is 11.6 Å². The van der Waals surface area contributed by atoms with Gasteiger partial charge in [0.1, 0.15) is 5.75 Å². The average molecular weight is 361 g/mol. The Morgan fingerprint density at radius 3 is 2.40 bits per heavy atom. The molecule has 0 unspecified atom stereocenters. The summed E-state index contributed by atoms with van der Waals surface area (Å²) >= 11 is 5.91. The SMILES string of the molecule is CCCC(=O)Nc1ccccc1NC(=O)[C@@H](C)Oc1cccc(Cl)c1. The molecular weight excluding hydrogens is 340 g/mol. The number of ether oxygens (including phenoxy) is 1. The Morgan fingerprint density at radius 2 is 1.76 bits per heavy atom. The molecule has 0 aliphatic rings. The van der Waals surface area contributed by atoms with Crippen LogP contribution in [0.4, 0.5) is 11.4 Å². The van der Waals surface area contributed by atoms with Crippen molar-refractivity contribution >= 4 is 34.8 Å². The zero-order valence-electron chi connectivity index (χ0n) is 14.2. The van der Waals surface area contributed by atoms with Gasteiger partial charge in [-0.15, -0.1) is 0 Å². The number of carbonyl (C=O) groups excluding carboxylic acids is 2. The molecule has 2 aromatic rings. The summed E-state index contributed by atoms with van der Waals surface area (Å²) in [6, 6.07) is 13.9. The van der Waals surface area contributed by atoms with E-state index in [0.717, 1.165) is 6.42 Å². The largest absolute Gasteiger partial charge is 0.481 e. The summed E-state index contributed by atoms with van der Waals surface area (Å²) in [5.74, 6) is 0.101. The van der Waals surface area contributed by atoms with Gasteiger partial charge >= 0.3 is 0 Å². The first-order valence-electron chi connectivity index (χ1n) is 8.11. The molecule has 0 aromatic heterocycles. The molecule has 1 atom stereocenters. The van der Waals surface area contributed by atoms with E-state index >= 15 is 0 Å². The lowest BCUT2D eigenvalue weighted by Crippen LogP contribution is -2.30. The van der Waals surface area contributed by atoms with E-state index in [0.29, 0.717) is 28.6 Å². The van der Waals surface area contributed by atoms with E-state index in [1.54, 1.807) is 55.5 Å². The highest BCUT2D eigenvalue weighted by Crippen LogP contribution is 2.23. The smallest absolute Gasteiger partial charge is 0.265 e. The Bertz CT molecular complexity index is 749. The third-order valence-electron chi connectivity index (χ3n) is 3.41. The molecule has 0 saturated carbocycles. The van der Waals surface area contributed by atoms with Gasteiger partial charge < -0.3 is 15.4 Å². The fourth-order valence-electron chi connectivity index (χ4n) is 2.17. The van der Waals surface area contributed by atoms with E-state index in [4.69, 9.17) is 16.3 Å². The van der Waals surface area contributed by atoms with Gasteiger partial charge in [-0.2, -0.15) is 0 Å². The molecule has 0 heterocycles. The van der Waals surface area contributed by atoms with Crippen molar-refractivity contribution in [2.75, 3.05) is 10.6 Å². The first-order chi connectivity index (χ1) is 12.0. The van der Waals surface area contributed by atoms with Crippen LogP contribution < -0.4 is 15.4 Å². The van der Waals surface area contributed by atoms with Gasteiger partial charge in [0.05, 0.1) is 11.4 Å². The molecule has 25 heavy (non-hydrogen) atoms. The molecule has 0 fully saturated rings. The number of anilines is 2. The Morgan fingerprint density at radius 1 is 1.08 bits per heavy atom. The van der Waals surface area contributed by atoms with Crippen molar-refractivity contribution in [3.05, 3.63) is 53.6 Å². The Hall–Kier alpha value is -2.53. The topological polar surface area (TPSA) is 67.4 Å². The second-order valence-corrected chi connectivity index (χ2v) is 5.99. The fraction of sp³-hybridized carbons (Fsp3) is 0.263. The summed E-state index contributed by atoms with van der Waals surface area (Å²) in [4.78, 5) is 24.2. The number of nitrogens with one attached hydrogen (secondary N) is 2. The van der Waals surface area contributed by atoms with E-state index in [-0.39, 0.29) is 11.8 Å². The second-order valence-electron chi connectivity index (χ2n) is 5.55. The van der Waals surface area contributed by atoms with Crippen molar-refractivity contribution in [1.82, 2.24) is 0 Å². The van der Waals surface area contributed by atoms with Crippen molar-refractivity contribution in [3.63, 3.8) is 0 Å². The fourth-order valence-corrected chi connectivity index (χ4v) is 2.35. The average Bonchev–Trinajstić information content (AvgIpc) is 2.56. The third-order valence-corrected chi connectivity index (χ3v) is 3.65. The van der Waals surface area contributed by atoms with Crippen LogP contribution in [-0.4, -0.2) is 17.9 Å². The van der Waals surface area contributed by atoms with E-state index in [1.807, 2.05) is 6.92 Å². The molecule has 2 amide bonds. The van der Waals surface area contributed by atoms with Gasteiger partial charge in [0, 0.05) is 11.4 Å². The standard InChI is InChI=1S/C19H21ClN2O3/c1-3-7-18(23)21-16-10-4-5-11-17(16)22-19(24)13(2)25-15-9-6-8-14(20)12-15/h4-6,8-13H,3,7H2,1-2H3,(H,21,23)(H,22,24)/t13-/m1/s1. The van der Waals surface area contributed by atoms with Crippen LogP contribution in [0.5, 0.6) is 5.75 Å². The summed E-state index contributed by atoms with van der Waals surface area (Å²) in [6.07, 6.45) is 0.458. The lowest BCUT2D eigenvalue weighted by atomic mass is 10.2. The molecule has 0 saturated heterocycles. The van der Waals surface area contributed by atoms with Gasteiger partial charge in [0.2, 0.25) is 5.91 Å². The summed E-state index contributed by atoms with van der Waals surface area (Å²) < 4.78 is 5.60. The van der Waals surface area contributed by atoms with Crippen LogP contribution in [0.3, 0.4) is 0 Å². The number of benzene rings is 2. The van der Waals surface area contributed by atoms with Crippen molar-refractivity contribution in [3.8, 4) is 5.75 Å². The van der Waals surface area contributed by atoms with Crippen molar-refractivity contribution in [2.24, 2.45) is 0 Å². The highest BCUT2D eigenvalue weighted by Gasteiger charge is 2.17. The van der Waals surface area contributed by atoms with Crippen molar-refractivity contribution in [2.45, 2.75) is 32.8 Å². The number of carbonyl (C=O) groups is 2. The van der Waals surface area contributed by atoms with Crippen LogP contribution in [0.25, 0.3) is 0 Å². The monoisotopic (exact) mass is 360 g/mol. The highest BCUT2D eigenvalue weighted by molar-refractivity contribution is 6.30. The lowest BCUT2D eigenvalue weighted by Gasteiger charge is -2.17. The summed E-state index contributed by atoms with van der Waals surface area (Å²) in [7, 11) is 0. The van der Waals surface area contributed by atoms with Gasteiger partial charge in [0.25, 0.3) is 5.91 Å². The molecule has 5 nitrogen and oxygen atoms in total. The number of amides is 2. The number of halogens is 1. The molecule has 2 aromatic carbocycles. The maximum absolute atomic E-state index is 12.4. The number of hydrogen-bond donors (Lipinski definition) is 2. The van der Waals surface area contributed by atoms with Gasteiger partial charge in [-0.1, -0.05) is 36.7 Å². The van der Waals surface area contributed by atoms with E-state index < -0.39 is 6.10 Å². The quantitative estimate of drug-likeness (QED) is 0.764. The van der Waals surface area contributed by atoms with Crippen LogP contribution in [0.2, 0.25) is 5.02 Å². The molecule has 6 heteroatoms. The van der Waals surface area contributed by atoms with Crippen LogP contribution in [0, 0.1) is 0 Å². The van der Waals surface area contributed by atoms with Crippen molar-refractivity contribution in [1.29, 1.82) is 0 Å². The lowest BCUT2D eigenvalue weighted by molar-refractivity contribution is -0.122. The van der Waals surface area contributed by atoms with Crippen molar-refractivity contribution < 1.29 is 14.3 Å². The summed E-state index contributed by atoms with van der Waals surface area (Å²) in [5, 5.41) is 6.12. The van der Waals surface area contributed by atoms with Gasteiger partial charge in [-0.3, -0.25) is 9.59 Å². The number of para-hydroxylation sites is 2. The minimum atomic E-state index is -0.724. The molecule has 2 rings (SSSR count). The first kappa shape index (κ1) is 18.8. The molecule has 0 aliphatic heterocycles. The van der Waals surface area contributed by atoms with E-state index in [1.165, 1.54) is 0 Å². The van der Waals surface area contributed by atoms with Crippen LogP contribution in [0.1, 0.15) is 26.7 Å². The molecule has 0 spiro atoms. The Balaban J connectivity index is 2.03. The maximum Gasteiger partial charge on any atom is 0.265 e. The second kappa shape index (κ2) is 9.08. The molecule has 0 bridgehead atoms. The summed E-state index contributed by atoms with van der Waals surface area (Å²) in [5.41, 5.74) is 1.09. The molecule has 0 aliphatic carbocycles. The normalized spacial score (nSPS) is 11.5. The van der Waals surface area contributed by atoms with Crippen LogP contribution in [0.15, 0.2) is 48.5 Å². The molecular formula is C19H21ClN2O3. The highest BCUT2D eigenvalue weighted by atomic mass is 35.5. The third kappa shape index (κ3) is 5.80. The summed E-state index contributed by atoms with van der Waals surface area (Å²) in [6.45, 7) is 3.58. The number of rotatable bonds is 7. The first-order valence-corrected chi connectivity index (χ1v) is 8.49. The molecule has 2 N–H and O–H groups in total. The zero-order chi connectivity index (χ0) is 18.2. The molecule has 0 radical (unpaired) electrons. The zero-order valence-corrected chi connectivity index (χ0v) is 15.0. The minimum Gasteiger partial charge on any atom is -0.481 e. The Labute approximate surface area is 152 Å². The predicted molar refractivity (Wildman–Crippen MR) is 100 cm³/mol. The van der Waals surface area contributed by atoms with Gasteiger partial charge in [0.15, 0.2) is 6.10 Å².